The van der Waals surface area contributed by atoms with E-state index in [1.165, 1.54) is 62.8 Å². The highest BCUT2D eigenvalue weighted by Crippen LogP contribution is 2.59. The lowest BCUT2D eigenvalue weighted by molar-refractivity contribution is -0.385. The molecule has 1 saturated carbocycles. The van der Waals surface area contributed by atoms with Crippen molar-refractivity contribution in [2.45, 2.75) is 18.8 Å². The van der Waals surface area contributed by atoms with E-state index < -0.39 is 69.0 Å². The first kappa shape index (κ1) is 31.5. The molecule has 0 aromatic heterocycles. The van der Waals surface area contributed by atoms with Crippen molar-refractivity contribution in [2.24, 2.45) is 29.6 Å². The van der Waals surface area contributed by atoms with E-state index >= 15 is 0 Å². The van der Waals surface area contributed by atoms with E-state index in [-0.39, 0.29) is 52.8 Å². The van der Waals surface area contributed by atoms with Crippen LogP contribution >= 0.6 is 0 Å². The van der Waals surface area contributed by atoms with Crippen LogP contribution in [0.15, 0.2) is 72.3 Å². The number of non-ortho nitro benzene ring substituents is 2. The Morgan fingerprint density at radius 1 is 0.694 bits per heavy atom. The molecule has 0 spiro atoms. The van der Waals surface area contributed by atoms with Gasteiger partial charge in [-0.25, -0.2) is 0 Å². The van der Waals surface area contributed by atoms with Gasteiger partial charge in [-0.05, 0) is 60.7 Å². The maximum atomic E-state index is 14.3. The number of nitrogens with zero attached hydrogens (tertiary/aromatic N) is 4. The molecule has 2 saturated heterocycles. The molecule has 6 unspecified atom stereocenters. The quantitative estimate of drug-likeness (QED) is 0.163. The van der Waals surface area contributed by atoms with Crippen LogP contribution in [-0.2, 0) is 19.2 Å². The fraction of sp³-hybridized carbons (Fsp3) is 0.294. The van der Waals surface area contributed by atoms with Crippen molar-refractivity contribution in [1.29, 1.82) is 0 Å². The van der Waals surface area contributed by atoms with Crippen molar-refractivity contribution in [3.05, 3.63) is 98.1 Å². The maximum Gasteiger partial charge on any atom is 0.269 e. The molecule has 7 rings (SSSR count). The fourth-order valence-electron chi connectivity index (χ4n) is 8.01. The minimum atomic E-state index is -0.960. The van der Waals surface area contributed by atoms with Gasteiger partial charge in [0.05, 0.1) is 59.1 Å². The predicted octanol–water partition coefficient (Wildman–Crippen LogP) is 4.27. The Hall–Kier alpha value is -6.12. The summed E-state index contributed by atoms with van der Waals surface area (Å²) < 4.78 is 10.8. The largest absolute Gasteiger partial charge is 0.502 e. The summed E-state index contributed by atoms with van der Waals surface area (Å²) in [6.45, 7) is 0. The first-order valence-electron chi connectivity index (χ1n) is 15.4. The van der Waals surface area contributed by atoms with Crippen LogP contribution in [0, 0.1) is 49.8 Å². The Kier molecular flexibility index (Phi) is 7.41. The lowest BCUT2D eigenvalue weighted by Gasteiger charge is -2.44. The molecule has 3 aromatic rings. The monoisotopic (exact) mass is 668 g/mol. The Balaban J connectivity index is 1.34. The molecule has 0 bridgehead atoms. The molecule has 3 fully saturated rings. The number of rotatable bonds is 7. The van der Waals surface area contributed by atoms with Crippen molar-refractivity contribution in [1.82, 2.24) is 0 Å². The topological polar surface area (TPSA) is 200 Å². The summed E-state index contributed by atoms with van der Waals surface area (Å²) in [7, 11) is 2.71. The van der Waals surface area contributed by atoms with E-state index in [1.807, 2.05) is 6.08 Å². The highest BCUT2D eigenvalue weighted by Gasteiger charge is 2.62. The molecule has 0 radical (unpaired) electrons. The molecule has 15 nitrogen and oxygen atoms in total. The van der Waals surface area contributed by atoms with Gasteiger partial charge >= 0.3 is 0 Å². The number of benzene rings is 3. The van der Waals surface area contributed by atoms with Crippen molar-refractivity contribution in [2.75, 3.05) is 24.0 Å². The van der Waals surface area contributed by atoms with Gasteiger partial charge in [-0.2, -0.15) is 0 Å². The molecular formula is C34H28N4O11. The number of fused-ring (bicyclic) bond motifs is 4. The van der Waals surface area contributed by atoms with Crippen LogP contribution in [0.3, 0.4) is 0 Å². The van der Waals surface area contributed by atoms with Crippen LogP contribution in [0.1, 0.15) is 24.3 Å². The number of methoxy groups -OCH3 is 2. The second-order valence-corrected chi connectivity index (χ2v) is 12.4. The lowest BCUT2D eigenvalue weighted by atomic mass is 9.57. The second kappa shape index (κ2) is 11.5. The number of carbonyl (C=O) groups is 4. The fourth-order valence-corrected chi connectivity index (χ4v) is 8.01. The van der Waals surface area contributed by atoms with Crippen molar-refractivity contribution in [3.8, 4) is 17.2 Å². The van der Waals surface area contributed by atoms with E-state index in [0.717, 1.165) is 9.80 Å². The third-order valence-electron chi connectivity index (χ3n) is 10.1. The molecule has 2 aliphatic heterocycles. The van der Waals surface area contributed by atoms with Crippen LogP contribution in [0.4, 0.5) is 22.7 Å². The second-order valence-electron chi connectivity index (χ2n) is 12.4. The van der Waals surface area contributed by atoms with Gasteiger partial charge in [-0.3, -0.25) is 49.2 Å². The van der Waals surface area contributed by atoms with Crippen LogP contribution in [0.25, 0.3) is 0 Å². The van der Waals surface area contributed by atoms with Gasteiger partial charge in [0.25, 0.3) is 11.4 Å². The van der Waals surface area contributed by atoms with Gasteiger partial charge in [0.15, 0.2) is 11.5 Å². The number of phenolic OH excluding ortho intramolecular Hbond substituents is 1. The number of amides is 4. The smallest absolute Gasteiger partial charge is 0.269 e. The SMILES string of the molecule is COc1cc(C2C3=CCC4C(=O)N(c5ccc([N+](=O)[O-])cc5)C(=O)C4C3CC3C(=O)N(c4ccc([N+](=O)[O-])cc4)C(=O)C32)cc(OC)c1O. The average molecular weight is 669 g/mol. The van der Waals surface area contributed by atoms with Crippen molar-refractivity contribution in [3.63, 3.8) is 0 Å². The Bertz CT molecular complexity index is 1970. The molecular weight excluding hydrogens is 640 g/mol. The molecule has 2 heterocycles. The highest BCUT2D eigenvalue weighted by molar-refractivity contribution is 6.24. The van der Waals surface area contributed by atoms with E-state index in [9.17, 15) is 44.5 Å². The third-order valence-corrected chi connectivity index (χ3v) is 10.1. The van der Waals surface area contributed by atoms with Gasteiger partial charge in [0.2, 0.25) is 29.4 Å². The number of hydrogen-bond acceptors (Lipinski definition) is 11. The zero-order chi connectivity index (χ0) is 34.9. The summed E-state index contributed by atoms with van der Waals surface area (Å²) in [6, 6.07) is 13.3. The Labute approximate surface area is 277 Å². The minimum Gasteiger partial charge on any atom is -0.502 e. The van der Waals surface area contributed by atoms with E-state index in [0.29, 0.717) is 11.1 Å². The number of hydrogen-bond donors (Lipinski definition) is 1. The predicted molar refractivity (Wildman–Crippen MR) is 170 cm³/mol. The van der Waals surface area contributed by atoms with Gasteiger partial charge in [0.1, 0.15) is 0 Å². The van der Waals surface area contributed by atoms with E-state index in [4.69, 9.17) is 9.47 Å². The number of carbonyl (C=O) groups excluding carboxylic acids is 4. The number of imide groups is 2. The first-order chi connectivity index (χ1) is 23.5. The van der Waals surface area contributed by atoms with Crippen LogP contribution < -0.4 is 19.3 Å². The standard InChI is InChI=1S/C34H28N4O11/c1-48-25-13-16(14-26(49-2)30(25)39)27-21-11-12-22-28(33(42)35(31(22)40)17-3-7-19(8-4-17)37(44)45)23(21)15-24-29(27)34(43)36(32(24)41)18-5-9-20(10-6-18)38(46)47/h3-11,13-14,22-24,27-29,39H,12,15H2,1-2H3. The number of ether oxygens (including phenoxy) is 2. The number of nitro groups is 2. The molecule has 15 heteroatoms. The lowest BCUT2D eigenvalue weighted by Crippen LogP contribution is -2.43. The van der Waals surface area contributed by atoms with E-state index in [1.54, 1.807) is 12.1 Å². The number of allylic oxidation sites excluding steroid dienone is 2. The summed E-state index contributed by atoms with van der Waals surface area (Å²) in [6.07, 6.45) is 2.08. The number of phenols is 1. The normalized spacial score (nSPS) is 25.8. The van der Waals surface area contributed by atoms with Crippen LogP contribution in [0.2, 0.25) is 0 Å². The highest BCUT2D eigenvalue weighted by atomic mass is 16.6. The summed E-state index contributed by atoms with van der Waals surface area (Å²) in [5.41, 5.74) is 1.08. The molecule has 1 N–H and O–H groups in total. The maximum absolute atomic E-state index is 14.3. The zero-order valence-electron chi connectivity index (χ0n) is 26.0. The minimum absolute atomic E-state index is 0.0581. The molecule has 2 aliphatic carbocycles. The third kappa shape index (κ3) is 4.71. The zero-order valence-corrected chi connectivity index (χ0v) is 26.0. The summed E-state index contributed by atoms with van der Waals surface area (Å²) in [4.78, 5) is 79.8. The van der Waals surface area contributed by atoms with Crippen molar-refractivity contribution >= 4 is 46.4 Å². The Morgan fingerprint density at radius 3 is 1.63 bits per heavy atom. The molecule has 4 aliphatic rings. The van der Waals surface area contributed by atoms with Gasteiger partial charge in [-0.1, -0.05) is 11.6 Å². The Morgan fingerprint density at radius 2 is 1.16 bits per heavy atom. The molecule has 3 aromatic carbocycles. The molecule has 49 heavy (non-hydrogen) atoms. The summed E-state index contributed by atoms with van der Waals surface area (Å²) >= 11 is 0. The number of nitro benzene ring substituents is 2. The van der Waals surface area contributed by atoms with Crippen LogP contribution in [-0.4, -0.2) is 52.8 Å². The average Bonchev–Trinajstić information content (AvgIpc) is 3.51. The summed E-state index contributed by atoms with van der Waals surface area (Å²) in [5.74, 6) is -7.22. The molecule has 6 atom stereocenters. The van der Waals surface area contributed by atoms with E-state index in [2.05, 4.69) is 0 Å². The molecule has 250 valence electrons. The van der Waals surface area contributed by atoms with Crippen LogP contribution in [0.5, 0.6) is 17.2 Å². The van der Waals surface area contributed by atoms with Gasteiger partial charge in [0, 0.05) is 30.2 Å². The van der Waals surface area contributed by atoms with Crippen molar-refractivity contribution < 1.29 is 43.6 Å². The number of aromatic hydroxyl groups is 1. The first-order valence-corrected chi connectivity index (χ1v) is 15.4. The number of anilines is 2. The summed E-state index contributed by atoms with van der Waals surface area (Å²) in [5, 5.41) is 33.2. The van der Waals surface area contributed by atoms with Gasteiger partial charge in [-0.15, -0.1) is 0 Å². The molecule has 4 amide bonds. The van der Waals surface area contributed by atoms with Gasteiger partial charge < -0.3 is 14.6 Å².